The number of hydrogen-bond acceptors (Lipinski definition) is 8. The van der Waals surface area contributed by atoms with Gasteiger partial charge in [-0.05, 0) is 31.2 Å². The van der Waals surface area contributed by atoms with Crippen LogP contribution in [0.25, 0.3) is 5.65 Å². The third-order valence-corrected chi connectivity index (χ3v) is 6.47. The van der Waals surface area contributed by atoms with Crippen molar-refractivity contribution in [3.05, 3.63) is 87.6 Å². The number of amides is 2. The van der Waals surface area contributed by atoms with Crippen LogP contribution in [0, 0.1) is 11.6 Å². The minimum atomic E-state index is -1.52. The first-order valence-corrected chi connectivity index (χ1v) is 12.2. The second-order valence-corrected chi connectivity index (χ2v) is 9.23. The molecule has 5 rings (SSSR count). The van der Waals surface area contributed by atoms with Crippen LogP contribution in [0.1, 0.15) is 34.9 Å². The molecule has 3 aromatic heterocycles. The van der Waals surface area contributed by atoms with Crippen molar-refractivity contribution in [2.75, 3.05) is 24.4 Å². The number of carbonyl (C=O) groups excluding carboxylic acids is 2. The summed E-state index contributed by atoms with van der Waals surface area (Å²) in [5.41, 5.74) is -0.494. The average molecular weight is 554 g/mol. The van der Waals surface area contributed by atoms with Crippen molar-refractivity contribution >= 4 is 29.0 Å². The van der Waals surface area contributed by atoms with E-state index in [-0.39, 0.29) is 53.3 Å². The van der Waals surface area contributed by atoms with Crippen molar-refractivity contribution in [2.45, 2.75) is 32.3 Å². The van der Waals surface area contributed by atoms with E-state index in [0.29, 0.717) is 0 Å². The van der Waals surface area contributed by atoms with E-state index in [1.165, 1.54) is 46.9 Å². The number of ether oxygens (including phenoxy) is 1. The molecule has 1 aliphatic heterocycles. The van der Waals surface area contributed by atoms with Crippen LogP contribution in [0.5, 0.6) is 0 Å². The zero-order chi connectivity index (χ0) is 28.6. The van der Waals surface area contributed by atoms with E-state index in [1.54, 1.807) is 13.0 Å². The summed E-state index contributed by atoms with van der Waals surface area (Å²) in [5.74, 6) is -2.20. The number of aliphatic hydroxyl groups is 1. The van der Waals surface area contributed by atoms with Gasteiger partial charge in [-0.15, -0.1) is 0 Å². The van der Waals surface area contributed by atoms with Crippen LogP contribution in [-0.2, 0) is 22.6 Å². The molecule has 0 spiro atoms. The van der Waals surface area contributed by atoms with Crippen LogP contribution in [0.2, 0.25) is 0 Å². The van der Waals surface area contributed by atoms with Gasteiger partial charge in [0.2, 0.25) is 5.91 Å². The fourth-order valence-corrected chi connectivity index (χ4v) is 4.56. The molecular weight excluding hydrogens is 528 g/mol. The number of anilines is 2. The van der Waals surface area contributed by atoms with Gasteiger partial charge in [-0.25, -0.2) is 13.8 Å². The van der Waals surface area contributed by atoms with Gasteiger partial charge >= 0.3 is 0 Å². The van der Waals surface area contributed by atoms with Gasteiger partial charge in [0.25, 0.3) is 11.5 Å². The molecule has 14 heteroatoms. The molecule has 4 heterocycles. The van der Waals surface area contributed by atoms with Gasteiger partial charge in [0, 0.05) is 13.2 Å². The zero-order valence-electron chi connectivity index (χ0n) is 21.5. The Morgan fingerprint density at radius 3 is 2.67 bits per heavy atom. The van der Waals surface area contributed by atoms with E-state index < -0.39 is 41.8 Å². The lowest BCUT2D eigenvalue weighted by Crippen LogP contribution is -2.37. The van der Waals surface area contributed by atoms with Crippen LogP contribution in [0.15, 0.2) is 53.5 Å². The van der Waals surface area contributed by atoms with Crippen molar-refractivity contribution < 1.29 is 28.2 Å². The smallest absolute Gasteiger partial charge is 0.280 e. The molecule has 0 fully saturated rings. The second kappa shape index (κ2) is 10.8. The van der Waals surface area contributed by atoms with Gasteiger partial charge < -0.3 is 29.9 Å². The molecule has 2 amide bonds. The van der Waals surface area contributed by atoms with Crippen LogP contribution < -0.4 is 16.2 Å². The molecule has 3 N–H and O–H groups in total. The first-order chi connectivity index (χ1) is 19.2. The molecule has 208 valence electrons. The summed E-state index contributed by atoms with van der Waals surface area (Å²) in [5, 5.41) is 20.1. The Hall–Kier alpha value is -4.69. The summed E-state index contributed by atoms with van der Waals surface area (Å²) < 4.78 is 34.9. The van der Waals surface area contributed by atoms with E-state index in [9.17, 15) is 28.3 Å². The van der Waals surface area contributed by atoms with Crippen LogP contribution in [0.4, 0.5) is 20.3 Å². The molecule has 4 aromatic rings. The fourth-order valence-electron chi connectivity index (χ4n) is 4.56. The van der Waals surface area contributed by atoms with E-state index in [4.69, 9.17) is 4.74 Å². The maximum Gasteiger partial charge on any atom is 0.280 e. The Morgan fingerprint density at radius 1 is 1.20 bits per heavy atom. The molecule has 1 aromatic carbocycles. The normalized spacial score (nSPS) is 14.3. The zero-order valence-corrected chi connectivity index (χ0v) is 21.5. The van der Waals surface area contributed by atoms with E-state index in [0.717, 1.165) is 16.8 Å². The van der Waals surface area contributed by atoms with E-state index in [2.05, 4.69) is 20.7 Å². The lowest BCUT2D eigenvalue weighted by atomic mass is 10.2. The molecule has 0 radical (unpaired) electrons. The largest absolute Gasteiger partial charge is 0.383 e. The molecule has 0 bridgehead atoms. The minimum Gasteiger partial charge on any atom is -0.383 e. The number of halogens is 2. The maximum absolute atomic E-state index is 14.1. The number of pyridine rings is 1. The number of hydrogen-bond donors (Lipinski definition) is 3. The number of carbonyl (C=O) groups is 2. The van der Waals surface area contributed by atoms with Crippen molar-refractivity contribution in [3.63, 3.8) is 0 Å². The summed E-state index contributed by atoms with van der Waals surface area (Å²) in [7, 11) is 1.49. The van der Waals surface area contributed by atoms with Gasteiger partial charge in [0.1, 0.15) is 41.0 Å². The standard InChI is InChI=1S/C26H25F2N7O5/c1-14(13-40-2)33-11-16-23(26(33)39)34(12-21(36)31-20-8-7-15(27)10-29-20)22-9-19(32-35(22)25(16)38)24(37)30-18-6-4-3-5-17(18)28/h3-10,14,24,30,37H,11-13H2,1-2H3,(H,29,31,36)/t14-,24?/m0/s1. The minimum absolute atomic E-state index is 0.00824. The molecule has 0 saturated heterocycles. The highest BCUT2D eigenvalue weighted by atomic mass is 19.1. The van der Waals surface area contributed by atoms with E-state index >= 15 is 0 Å². The highest BCUT2D eigenvalue weighted by molar-refractivity contribution is 5.98. The first kappa shape index (κ1) is 26.9. The first-order valence-electron chi connectivity index (χ1n) is 12.2. The third kappa shape index (κ3) is 5.01. The monoisotopic (exact) mass is 553 g/mol. The van der Waals surface area contributed by atoms with Gasteiger partial charge in [-0.3, -0.25) is 14.4 Å². The number of nitrogens with zero attached hydrogens (tertiary/aromatic N) is 5. The number of benzene rings is 1. The van der Waals surface area contributed by atoms with Gasteiger partial charge in [-0.2, -0.15) is 9.61 Å². The highest BCUT2D eigenvalue weighted by Crippen LogP contribution is 2.26. The van der Waals surface area contributed by atoms with Crippen molar-refractivity contribution in [1.82, 2.24) is 24.1 Å². The topological polar surface area (TPSA) is 143 Å². The predicted octanol–water partition coefficient (Wildman–Crippen LogP) is 1.90. The Bertz CT molecular complexity index is 1650. The summed E-state index contributed by atoms with van der Waals surface area (Å²) >= 11 is 0. The van der Waals surface area contributed by atoms with E-state index in [1.807, 2.05) is 0 Å². The molecule has 1 unspecified atom stereocenters. The molecular formula is C26H25F2N7O5. The van der Waals surface area contributed by atoms with Crippen molar-refractivity contribution in [1.29, 1.82) is 0 Å². The summed E-state index contributed by atoms with van der Waals surface area (Å²) in [6, 6.07) is 9.07. The fraction of sp³-hybridized carbons (Fsp3) is 0.269. The van der Waals surface area contributed by atoms with Gasteiger partial charge in [0.15, 0.2) is 6.23 Å². The average Bonchev–Trinajstić information content (AvgIpc) is 3.52. The van der Waals surface area contributed by atoms with Crippen LogP contribution in [-0.4, -0.2) is 60.7 Å². The Morgan fingerprint density at radius 2 is 1.98 bits per heavy atom. The predicted molar refractivity (Wildman–Crippen MR) is 138 cm³/mol. The van der Waals surface area contributed by atoms with Crippen molar-refractivity contribution in [2.24, 2.45) is 0 Å². The number of para-hydroxylation sites is 1. The SMILES string of the molecule is COC[C@H](C)N1Cc2c(n(CC(=O)Nc3ccc(F)cn3)c3cc(C(O)Nc4ccccc4F)nn3c2=O)C1=O. The number of aliphatic hydroxyl groups excluding tert-OH is 1. The van der Waals surface area contributed by atoms with Crippen LogP contribution in [0.3, 0.4) is 0 Å². The number of fused-ring (bicyclic) bond motifs is 2. The molecule has 40 heavy (non-hydrogen) atoms. The number of rotatable bonds is 9. The quantitative estimate of drug-likeness (QED) is 0.267. The molecule has 12 nitrogen and oxygen atoms in total. The highest BCUT2D eigenvalue weighted by Gasteiger charge is 2.37. The second-order valence-electron chi connectivity index (χ2n) is 9.23. The Labute approximate surface area is 225 Å². The molecule has 0 saturated carbocycles. The maximum atomic E-state index is 14.1. The Balaban J connectivity index is 1.56. The van der Waals surface area contributed by atoms with Crippen molar-refractivity contribution in [3.8, 4) is 0 Å². The third-order valence-electron chi connectivity index (χ3n) is 6.47. The molecule has 2 atom stereocenters. The number of aromatic nitrogens is 4. The summed E-state index contributed by atoms with van der Waals surface area (Å²) in [6.45, 7) is 1.51. The summed E-state index contributed by atoms with van der Waals surface area (Å²) in [6.07, 6.45) is -0.581. The number of nitrogens with one attached hydrogen (secondary N) is 2. The molecule has 1 aliphatic rings. The van der Waals surface area contributed by atoms with Gasteiger partial charge in [-0.1, -0.05) is 12.1 Å². The Kier molecular flexibility index (Phi) is 7.28. The molecule has 0 aliphatic carbocycles. The lowest BCUT2D eigenvalue weighted by Gasteiger charge is -2.23. The van der Waals surface area contributed by atoms with Gasteiger partial charge in [0.05, 0.1) is 36.6 Å². The summed E-state index contributed by atoms with van der Waals surface area (Å²) in [4.78, 5) is 45.3. The number of methoxy groups -OCH3 is 1. The lowest BCUT2D eigenvalue weighted by molar-refractivity contribution is -0.116. The van der Waals surface area contributed by atoms with Crippen LogP contribution >= 0.6 is 0 Å².